The number of hydrogen-bond acceptors (Lipinski definition) is 3. The van der Waals surface area contributed by atoms with E-state index in [2.05, 4.69) is 4.90 Å². The Morgan fingerprint density at radius 2 is 2.33 bits per heavy atom. The quantitative estimate of drug-likeness (QED) is 0.617. The van der Waals surface area contributed by atoms with Crippen molar-refractivity contribution < 1.29 is 4.79 Å². The normalized spacial score (nSPS) is 36.4. The molecule has 3 heteroatoms. The Bertz CT molecular complexity index is 195. The second-order valence-corrected chi connectivity index (χ2v) is 4.86. The minimum atomic E-state index is 0.236. The lowest BCUT2D eigenvalue weighted by atomic mass is 10.1. The maximum Gasteiger partial charge on any atom is 0.147 e. The second-order valence-electron chi connectivity index (χ2n) is 3.65. The molecule has 0 bridgehead atoms. The van der Waals surface area contributed by atoms with Crippen LogP contribution in [-0.2, 0) is 4.79 Å². The topological polar surface area (TPSA) is 20.3 Å². The first-order valence-electron chi connectivity index (χ1n) is 4.67. The van der Waals surface area contributed by atoms with Crippen LogP contribution in [0.3, 0.4) is 0 Å². The Balaban J connectivity index is 2.05. The van der Waals surface area contributed by atoms with Gasteiger partial charge in [0.2, 0.25) is 0 Å². The van der Waals surface area contributed by atoms with Crippen molar-refractivity contribution >= 4 is 17.5 Å². The minimum Gasteiger partial charge on any atom is -0.298 e. The number of hydrogen-bond donors (Lipinski definition) is 0. The van der Waals surface area contributed by atoms with Gasteiger partial charge in [-0.15, -0.1) is 11.8 Å². The van der Waals surface area contributed by atoms with Crippen molar-refractivity contribution in [3.63, 3.8) is 0 Å². The van der Waals surface area contributed by atoms with Gasteiger partial charge in [0.25, 0.3) is 0 Å². The number of nitrogens with zero attached hydrogens (tertiary/aromatic N) is 1. The zero-order chi connectivity index (χ0) is 8.55. The van der Waals surface area contributed by atoms with Crippen LogP contribution in [0.5, 0.6) is 0 Å². The van der Waals surface area contributed by atoms with Gasteiger partial charge in [0.15, 0.2) is 0 Å². The Labute approximate surface area is 77.7 Å². The molecular formula is C9H15NOS. The van der Waals surface area contributed by atoms with Crippen molar-refractivity contribution in [2.45, 2.75) is 37.6 Å². The molecule has 0 N–H and O–H groups in total. The highest BCUT2D eigenvalue weighted by Gasteiger charge is 2.37. The number of carbonyl (C=O) groups excluding carboxylic acids is 1. The molecule has 2 fully saturated rings. The van der Waals surface area contributed by atoms with E-state index in [9.17, 15) is 4.79 Å². The lowest BCUT2D eigenvalue weighted by molar-refractivity contribution is -0.121. The lowest BCUT2D eigenvalue weighted by Crippen LogP contribution is -2.43. The van der Waals surface area contributed by atoms with Crippen molar-refractivity contribution in [3.8, 4) is 0 Å². The van der Waals surface area contributed by atoms with E-state index in [0.717, 1.165) is 12.3 Å². The third-order valence-electron chi connectivity index (χ3n) is 2.80. The van der Waals surface area contributed by atoms with Crippen LogP contribution in [0.1, 0.15) is 26.2 Å². The maximum absolute atomic E-state index is 11.2. The van der Waals surface area contributed by atoms with Crippen molar-refractivity contribution in [1.29, 1.82) is 0 Å². The maximum atomic E-state index is 11.2. The average molecular weight is 185 g/mol. The van der Waals surface area contributed by atoms with Gasteiger partial charge in [-0.25, -0.2) is 0 Å². The number of piperidine rings is 1. The summed E-state index contributed by atoms with van der Waals surface area (Å²) in [6.45, 7) is 2.87. The highest BCUT2D eigenvalue weighted by Crippen LogP contribution is 2.35. The van der Waals surface area contributed by atoms with E-state index in [1.54, 1.807) is 6.92 Å². The van der Waals surface area contributed by atoms with Crippen LogP contribution in [0.2, 0.25) is 0 Å². The first-order chi connectivity index (χ1) is 5.79. The first kappa shape index (κ1) is 8.57. The fourth-order valence-electron chi connectivity index (χ4n) is 2.11. The number of ketones is 1. The van der Waals surface area contributed by atoms with Gasteiger partial charge in [0.1, 0.15) is 5.78 Å². The van der Waals surface area contributed by atoms with Gasteiger partial charge in [-0.3, -0.25) is 9.69 Å². The van der Waals surface area contributed by atoms with Crippen molar-refractivity contribution in [1.82, 2.24) is 4.90 Å². The third-order valence-corrected chi connectivity index (χ3v) is 4.20. The van der Waals surface area contributed by atoms with Gasteiger partial charge in [-0.2, -0.15) is 0 Å². The highest BCUT2D eigenvalue weighted by atomic mass is 32.2. The molecule has 0 aromatic heterocycles. The molecular weight excluding hydrogens is 170 g/mol. The molecule has 0 saturated carbocycles. The summed E-state index contributed by atoms with van der Waals surface area (Å²) < 4.78 is 0. The van der Waals surface area contributed by atoms with E-state index in [4.69, 9.17) is 0 Å². The predicted octanol–water partition coefficient (Wildman–Crippen LogP) is 1.50. The highest BCUT2D eigenvalue weighted by molar-refractivity contribution is 8.00. The molecule has 2 saturated heterocycles. The molecule has 2 rings (SSSR count). The Hall–Kier alpha value is -0.0200. The number of fused-ring (bicyclic) bond motifs is 1. The van der Waals surface area contributed by atoms with Crippen LogP contribution < -0.4 is 0 Å². The lowest BCUT2D eigenvalue weighted by Gasteiger charge is -2.31. The smallest absolute Gasteiger partial charge is 0.147 e. The molecule has 2 unspecified atom stereocenters. The third kappa shape index (κ3) is 1.40. The van der Waals surface area contributed by atoms with Crippen LogP contribution in [0, 0.1) is 0 Å². The minimum absolute atomic E-state index is 0.236. The Morgan fingerprint density at radius 3 is 3.08 bits per heavy atom. The molecule has 0 aromatic carbocycles. The molecule has 0 aliphatic carbocycles. The summed E-state index contributed by atoms with van der Waals surface area (Å²) in [4.78, 5) is 13.6. The molecule has 2 atom stereocenters. The number of Topliss-reactive ketones (excluding diaryl/α,β-unsaturated/α-hetero) is 1. The van der Waals surface area contributed by atoms with E-state index < -0.39 is 0 Å². The van der Waals surface area contributed by atoms with Gasteiger partial charge in [-0.1, -0.05) is 0 Å². The van der Waals surface area contributed by atoms with Gasteiger partial charge in [0.05, 0.1) is 11.4 Å². The van der Waals surface area contributed by atoms with Crippen molar-refractivity contribution in [2.75, 3.05) is 12.3 Å². The molecule has 68 valence electrons. The van der Waals surface area contributed by atoms with Crippen LogP contribution in [0.4, 0.5) is 0 Å². The summed E-state index contributed by atoms with van der Waals surface area (Å²) in [6.07, 6.45) is 3.91. The standard InChI is InChI=1S/C9H15NOS/c1-7(11)8-6-12-9-4-2-3-5-10(8)9/h8-9H,2-6H2,1H3. The molecule has 0 aromatic rings. The van der Waals surface area contributed by atoms with Crippen LogP contribution in [-0.4, -0.2) is 34.4 Å². The number of rotatable bonds is 1. The van der Waals surface area contributed by atoms with Crippen molar-refractivity contribution in [2.24, 2.45) is 0 Å². The number of thioether (sulfide) groups is 1. The zero-order valence-corrected chi connectivity index (χ0v) is 8.27. The molecule has 2 heterocycles. The average Bonchev–Trinajstić information content (AvgIpc) is 2.47. The molecule has 12 heavy (non-hydrogen) atoms. The first-order valence-corrected chi connectivity index (χ1v) is 5.72. The van der Waals surface area contributed by atoms with E-state index in [1.165, 1.54) is 19.3 Å². The van der Waals surface area contributed by atoms with Gasteiger partial charge >= 0.3 is 0 Å². The summed E-state index contributed by atoms with van der Waals surface area (Å²) in [6, 6.07) is 0.236. The van der Waals surface area contributed by atoms with E-state index in [0.29, 0.717) is 11.2 Å². The van der Waals surface area contributed by atoms with E-state index >= 15 is 0 Å². The molecule has 2 aliphatic heterocycles. The summed E-state index contributed by atoms with van der Waals surface area (Å²) >= 11 is 1.97. The summed E-state index contributed by atoms with van der Waals surface area (Å²) in [7, 11) is 0. The van der Waals surface area contributed by atoms with Gasteiger partial charge in [-0.05, 0) is 32.7 Å². The van der Waals surface area contributed by atoms with Gasteiger partial charge < -0.3 is 0 Å². The molecule has 0 radical (unpaired) electrons. The molecule has 0 spiro atoms. The summed E-state index contributed by atoms with van der Waals surface area (Å²) in [5.74, 6) is 1.38. The van der Waals surface area contributed by atoms with Crippen LogP contribution in [0.25, 0.3) is 0 Å². The monoisotopic (exact) mass is 185 g/mol. The molecule has 2 nitrogen and oxygen atoms in total. The molecule has 2 aliphatic rings. The summed E-state index contributed by atoms with van der Waals surface area (Å²) in [5, 5.41) is 0.660. The van der Waals surface area contributed by atoms with Crippen LogP contribution in [0.15, 0.2) is 0 Å². The molecule has 0 amide bonds. The largest absolute Gasteiger partial charge is 0.298 e. The van der Waals surface area contributed by atoms with E-state index in [1.807, 2.05) is 11.8 Å². The van der Waals surface area contributed by atoms with Crippen molar-refractivity contribution in [3.05, 3.63) is 0 Å². The fraction of sp³-hybridized carbons (Fsp3) is 0.889. The Kier molecular flexibility index (Phi) is 2.42. The zero-order valence-electron chi connectivity index (χ0n) is 7.45. The Morgan fingerprint density at radius 1 is 1.50 bits per heavy atom. The van der Waals surface area contributed by atoms with Gasteiger partial charge in [0, 0.05) is 5.75 Å². The fourth-order valence-corrected chi connectivity index (χ4v) is 3.72. The summed E-state index contributed by atoms with van der Waals surface area (Å²) in [5.41, 5.74) is 0. The number of carbonyl (C=O) groups is 1. The predicted molar refractivity (Wildman–Crippen MR) is 51.3 cm³/mol. The van der Waals surface area contributed by atoms with Crippen LogP contribution >= 0.6 is 11.8 Å². The SMILES string of the molecule is CC(=O)C1CSC2CCCCN21. The second kappa shape index (κ2) is 3.38. The van der Waals surface area contributed by atoms with E-state index in [-0.39, 0.29) is 6.04 Å².